The van der Waals surface area contributed by atoms with E-state index in [1.165, 1.54) is 24.8 Å². The number of ether oxygens (including phenoxy) is 1. The molecule has 1 heterocycles. The Morgan fingerprint density at radius 1 is 1.37 bits per heavy atom. The van der Waals surface area contributed by atoms with Crippen molar-refractivity contribution in [2.45, 2.75) is 30.4 Å². The fourth-order valence-electron chi connectivity index (χ4n) is 2.26. The highest BCUT2D eigenvalue weighted by Gasteiger charge is 2.42. The van der Waals surface area contributed by atoms with Crippen molar-refractivity contribution in [1.82, 2.24) is 16.0 Å². The maximum Gasteiger partial charge on any atom is 0.340 e. The van der Waals surface area contributed by atoms with Crippen molar-refractivity contribution in [2.24, 2.45) is 0 Å². The van der Waals surface area contributed by atoms with Crippen molar-refractivity contribution in [1.29, 1.82) is 0 Å². The van der Waals surface area contributed by atoms with Crippen molar-refractivity contribution in [3.63, 3.8) is 0 Å². The predicted octanol–water partition coefficient (Wildman–Crippen LogP) is 1.22. The maximum atomic E-state index is 12.5. The molecule has 8 nitrogen and oxygen atoms in total. The van der Waals surface area contributed by atoms with Crippen molar-refractivity contribution >= 4 is 35.6 Å². The number of imide groups is 1. The van der Waals surface area contributed by atoms with Crippen LogP contribution in [0.1, 0.15) is 24.2 Å². The van der Waals surface area contributed by atoms with Crippen LogP contribution in [0.3, 0.4) is 0 Å². The van der Waals surface area contributed by atoms with Gasteiger partial charge in [-0.3, -0.25) is 14.9 Å². The number of thioether (sulfide) groups is 1. The van der Waals surface area contributed by atoms with Gasteiger partial charge >= 0.3 is 12.0 Å². The summed E-state index contributed by atoms with van der Waals surface area (Å²) in [4.78, 5) is 48.1. The van der Waals surface area contributed by atoms with Gasteiger partial charge in [0, 0.05) is 17.2 Å². The van der Waals surface area contributed by atoms with Crippen LogP contribution in [-0.2, 0) is 14.3 Å². The number of esters is 1. The van der Waals surface area contributed by atoms with Gasteiger partial charge < -0.3 is 15.4 Å². The first-order chi connectivity index (χ1) is 12.8. The second-order valence-electron chi connectivity index (χ2n) is 6.11. The van der Waals surface area contributed by atoms with E-state index in [0.717, 1.165) is 0 Å². The highest BCUT2D eigenvalue weighted by Crippen LogP contribution is 2.28. The minimum atomic E-state index is -1.07. The highest BCUT2D eigenvalue weighted by molar-refractivity contribution is 7.99. The zero-order chi connectivity index (χ0) is 20.0. The molecule has 1 aliphatic rings. The first kappa shape index (κ1) is 20.5. The molecule has 0 unspecified atom stereocenters. The Bertz CT molecular complexity index is 782. The minimum absolute atomic E-state index is 0.226. The quantitative estimate of drug-likeness (QED) is 0.266. The fraction of sp³-hybridized carbons (Fsp3) is 0.333. The topological polar surface area (TPSA) is 114 Å². The molecule has 144 valence electrons. The third kappa shape index (κ3) is 5.10. The van der Waals surface area contributed by atoms with Crippen LogP contribution in [-0.4, -0.2) is 47.8 Å². The Labute approximate surface area is 161 Å². The number of hydrogen-bond donors (Lipinski definition) is 3. The number of rotatable bonds is 8. The van der Waals surface area contributed by atoms with Gasteiger partial charge in [-0.1, -0.05) is 18.2 Å². The zero-order valence-electron chi connectivity index (χ0n) is 15.0. The van der Waals surface area contributed by atoms with Crippen LogP contribution < -0.4 is 16.0 Å². The molecule has 9 heteroatoms. The Morgan fingerprint density at radius 2 is 2.07 bits per heavy atom. The summed E-state index contributed by atoms with van der Waals surface area (Å²) in [7, 11) is 0. The van der Waals surface area contributed by atoms with Crippen LogP contribution in [0.2, 0.25) is 0 Å². The third-order valence-electron chi connectivity index (χ3n) is 3.81. The van der Waals surface area contributed by atoms with E-state index >= 15 is 0 Å². The molecule has 1 aromatic rings. The van der Waals surface area contributed by atoms with Gasteiger partial charge in [0.05, 0.1) is 5.56 Å². The molecule has 2 rings (SSSR count). The molecule has 1 aliphatic heterocycles. The van der Waals surface area contributed by atoms with E-state index < -0.39 is 35.5 Å². The smallest absolute Gasteiger partial charge is 0.340 e. The zero-order valence-corrected chi connectivity index (χ0v) is 15.9. The van der Waals surface area contributed by atoms with E-state index in [1.54, 1.807) is 31.2 Å². The van der Waals surface area contributed by atoms with Gasteiger partial charge in [0.1, 0.15) is 5.54 Å². The summed E-state index contributed by atoms with van der Waals surface area (Å²) in [5.74, 6) is -1.27. The van der Waals surface area contributed by atoms with Crippen LogP contribution in [0.15, 0.2) is 41.8 Å². The molecule has 1 fully saturated rings. The van der Waals surface area contributed by atoms with Crippen LogP contribution >= 0.6 is 11.8 Å². The Balaban J connectivity index is 2.05. The molecule has 1 aromatic carbocycles. The Kier molecular flexibility index (Phi) is 6.62. The standard InChI is InChI=1S/C18H21N3O5S/c1-4-9-19-14(22)11(2)26-15(23)12-7-5-6-8-13(12)27-10-18(3)16(24)20-17(25)21-18/h4-8,11H,1,9-10H2,2-3H3,(H,19,22)(H2,20,21,24,25)/t11-,18-/m1/s1. The predicted molar refractivity (Wildman–Crippen MR) is 100 cm³/mol. The van der Waals surface area contributed by atoms with Crippen molar-refractivity contribution in [2.75, 3.05) is 12.3 Å². The lowest BCUT2D eigenvalue weighted by Crippen LogP contribution is -2.46. The van der Waals surface area contributed by atoms with E-state index in [4.69, 9.17) is 4.74 Å². The SMILES string of the molecule is C=CCNC(=O)[C@@H](C)OC(=O)c1ccccc1SC[C@@]1(C)NC(=O)NC1=O. The number of benzene rings is 1. The normalized spacial score (nSPS) is 19.6. The van der Waals surface area contributed by atoms with Gasteiger partial charge in [0.25, 0.3) is 11.8 Å². The summed E-state index contributed by atoms with van der Waals surface area (Å²) in [6, 6.07) is 6.16. The van der Waals surface area contributed by atoms with Crippen LogP contribution in [0, 0.1) is 0 Å². The van der Waals surface area contributed by atoms with Gasteiger partial charge in [0.2, 0.25) is 0 Å². The van der Waals surface area contributed by atoms with Crippen molar-refractivity contribution in [3.8, 4) is 0 Å². The molecular weight excluding hydrogens is 370 g/mol. The van der Waals surface area contributed by atoms with E-state index in [9.17, 15) is 19.2 Å². The van der Waals surface area contributed by atoms with Crippen molar-refractivity contribution < 1.29 is 23.9 Å². The van der Waals surface area contributed by atoms with Gasteiger partial charge in [-0.25, -0.2) is 9.59 Å². The second-order valence-corrected chi connectivity index (χ2v) is 7.12. The summed E-state index contributed by atoms with van der Waals surface area (Å²) >= 11 is 1.24. The minimum Gasteiger partial charge on any atom is -0.449 e. The molecule has 0 aromatic heterocycles. The summed E-state index contributed by atoms with van der Waals surface area (Å²) in [5.41, 5.74) is -0.796. The van der Waals surface area contributed by atoms with E-state index in [1.807, 2.05) is 0 Å². The first-order valence-corrected chi connectivity index (χ1v) is 9.20. The van der Waals surface area contributed by atoms with E-state index in [2.05, 4.69) is 22.5 Å². The van der Waals surface area contributed by atoms with Crippen molar-refractivity contribution in [3.05, 3.63) is 42.5 Å². The molecule has 0 saturated carbocycles. The molecule has 1 saturated heterocycles. The Morgan fingerprint density at radius 3 is 2.70 bits per heavy atom. The lowest BCUT2D eigenvalue weighted by Gasteiger charge is -2.20. The number of carbonyl (C=O) groups excluding carboxylic acids is 4. The molecule has 27 heavy (non-hydrogen) atoms. The number of nitrogens with one attached hydrogen (secondary N) is 3. The number of carbonyl (C=O) groups is 4. The summed E-state index contributed by atoms with van der Waals surface area (Å²) < 4.78 is 5.22. The molecule has 0 aliphatic carbocycles. The number of hydrogen-bond acceptors (Lipinski definition) is 6. The van der Waals surface area contributed by atoms with E-state index in [-0.39, 0.29) is 17.9 Å². The highest BCUT2D eigenvalue weighted by atomic mass is 32.2. The van der Waals surface area contributed by atoms with Gasteiger partial charge in [-0.05, 0) is 26.0 Å². The molecule has 0 bridgehead atoms. The number of urea groups is 1. The average Bonchev–Trinajstić information content (AvgIpc) is 2.90. The monoisotopic (exact) mass is 391 g/mol. The average molecular weight is 391 g/mol. The fourth-order valence-corrected chi connectivity index (χ4v) is 3.39. The Hall–Kier alpha value is -2.81. The molecule has 2 atom stereocenters. The van der Waals surface area contributed by atoms with Crippen LogP contribution in [0.4, 0.5) is 4.79 Å². The summed E-state index contributed by atoms with van der Waals surface area (Å²) in [6.07, 6.45) is 0.560. The van der Waals surface area contributed by atoms with Gasteiger partial charge in [-0.2, -0.15) is 0 Å². The van der Waals surface area contributed by atoms with Gasteiger partial charge in [0.15, 0.2) is 6.10 Å². The lowest BCUT2D eigenvalue weighted by atomic mass is 10.1. The maximum absolute atomic E-state index is 12.5. The third-order valence-corrected chi connectivity index (χ3v) is 5.20. The van der Waals surface area contributed by atoms with Crippen LogP contribution in [0.5, 0.6) is 0 Å². The molecule has 3 N–H and O–H groups in total. The summed E-state index contributed by atoms with van der Waals surface area (Å²) in [6.45, 7) is 6.86. The molecule has 0 spiro atoms. The van der Waals surface area contributed by atoms with Gasteiger partial charge in [-0.15, -0.1) is 18.3 Å². The largest absolute Gasteiger partial charge is 0.449 e. The first-order valence-electron chi connectivity index (χ1n) is 8.22. The van der Waals surface area contributed by atoms with E-state index in [0.29, 0.717) is 4.90 Å². The molecular formula is C18H21N3O5S. The molecule has 4 amide bonds. The second kappa shape index (κ2) is 8.72. The lowest BCUT2D eigenvalue weighted by molar-refractivity contribution is -0.128. The molecule has 0 radical (unpaired) electrons. The van der Waals surface area contributed by atoms with Crippen LogP contribution in [0.25, 0.3) is 0 Å². The summed E-state index contributed by atoms with van der Waals surface area (Å²) in [5, 5.41) is 7.31. The number of amides is 4.